The van der Waals surface area contributed by atoms with Gasteiger partial charge in [-0.1, -0.05) is 12.1 Å². The molecule has 3 rings (SSSR count). The summed E-state index contributed by atoms with van der Waals surface area (Å²) in [5, 5.41) is 13.1. The van der Waals surface area contributed by atoms with Gasteiger partial charge in [-0.15, -0.1) is 10.2 Å². The summed E-state index contributed by atoms with van der Waals surface area (Å²) in [6.07, 6.45) is 2.36. The molecule has 1 aromatic carbocycles. The Hall–Kier alpha value is -2.38. The average molecular weight is 269 g/mol. The lowest BCUT2D eigenvalue weighted by molar-refractivity contribution is 0.536. The van der Waals surface area contributed by atoms with Crippen molar-refractivity contribution >= 4 is 10.9 Å². The first-order chi connectivity index (χ1) is 9.76. The van der Waals surface area contributed by atoms with E-state index in [9.17, 15) is 0 Å². The molecule has 1 unspecified atom stereocenters. The van der Waals surface area contributed by atoms with E-state index in [0.717, 1.165) is 16.5 Å². The monoisotopic (exact) mass is 269 g/mol. The first kappa shape index (κ1) is 12.6. The normalized spacial score (nSPS) is 12.7. The average Bonchev–Trinajstić information content (AvgIpc) is 2.89. The van der Waals surface area contributed by atoms with Crippen molar-refractivity contribution < 1.29 is 0 Å². The number of fused-ring (bicyclic) bond motifs is 1. The van der Waals surface area contributed by atoms with Crippen LogP contribution in [0.15, 0.2) is 36.5 Å². The van der Waals surface area contributed by atoms with E-state index in [0.29, 0.717) is 12.2 Å². The van der Waals surface area contributed by atoms with Crippen LogP contribution in [0.25, 0.3) is 10.9 Å². The second-order valence-corrected chi connectivity index (χ2v) is 4.57. The molecule has 2 heterocycles. The highest BCUT2D eigenvalue weighted by molar-refractivity contribution is 5.79. The largest absolute Gasteiger partial charge is 0.271 e. The lowest BCUT2D eigenvalue weighted by Crippen LogP contribution is -2.29. The molecular formula is C13H15N7. The van der Waals surface area contributed by atoms with Crippen LogP contribution in [0.4, 0.5) is 0 Å². The number of tetrazole rings is 1. The molecule has 0 saturated heterocycles. The molecule has 0 fully saturated rings. The summed E-state index contributed by atoms with van der Waals surface area (Å²) >= 11 is 0. The fourth-order valence-electron chi connectivity index (χ4n) is 2.17. The number of nitrogens with two attached hydrogens (primary N) is 1. The van der Waals surface area contributed by atoms with Crippen LogP contribution in [0.1, 0.15) is 17.4 Å². The maximum absolute atomic E-state index is 5.66. The minimum atomic E-state index is -0.0659. The molecule has 0 aliphatic rings. The molecule has 0 bridgehead atoms. The standard InChI is InChI=1S/C13H15N7/c1-20-18-13(17-19-20)8-12(16-14)10-4-5-11-9(7-10)3-2-6-15-11/h2-7,12,16H,8,14H2,1H3. The van der Waals surface area contributed by atoms with Gasteiger partial charge in [0.15, 0.2) is 5.82 Å². The van der Waals surface area contributed by atoms with Gasteiger partial charge in [-0.2, -0.15) is 4.80 Å². The Labute approximate surface area is 115 Å². The zero-order valence-electron chi connectivity index (χ0n) is 11.1. The van der Waals surface area contributed by atoms with Crippen molar-refractivity contribution in [2.24, 2.45) is 12.9 Å². The summed E-state index contributed by atoms with van der Waals surface area (Å²) in [5.41, 5.74) is 4.84. The molecule has 3 aromatic rings. The van der Waals surface area contributed by atoms with Gasteiger partial charge in [0.25, 0.3) is 0 Å². The van der Waals surface area contributed by atoms with Gasteiger partial charge in [-0.25, -0.2) is 0 Å². The van der Waals surface area contributed by atoms with Crippen LogP contribution in [-0.4, -0.2) is 25.2 Å². The molecule has 0 spiro atoms. The number of hydrogen-bond acceptors (Lipinski definition) is 6. The van der Waals surface area contributed by atoms with E-state index in [1.165, 1.54) is 4.80 Å². The highest BCUT2D eigenvalue weighted by Gasteiger charge is 2.14. The number of benzene rings is 1. The van der Waals surface area contributed by atoms with Crippen LogP contribution >= 0.6 is 0 Å². The molecule has 0 radical (unpaired) electrons. The first-order valence-electron chi connectivity index (χ1n) is 6.30. The number of hydrazine groups is 1. The number of hydrogen-bond donors (Lipinski definition) is 2. The Balaban J connectivity index is 1.90. The van der Waals surface area contributed by atoms with Crippen LogP contribution in [0.3, 0.4) is 0 Å². The lowest BCUT2D eigenvalue weighted by atomic mass is 10.0. The Kier molecular flexibility index (Phi) is 3.36. The van der Waals surface area contributed by atoms with Crippen molar-refractivity contribution in [3.05, 3.63) is 47.9 Å². The molecule has 7 heteroatoms. The molecule has 7 nitrogen and oxygen atoms in total. The van der Waals surface area contributed by atoms with Crippen molar-refractivity contribution in [1.82, 2.24) is 30.6 Å². The summed E-state index contributed by atoms with van der Waals surface area (Å²) in [6.45, 7) is 0. The predicted octanol–water partition coefficient (Wildman–Crippen LogP) is 0.505. The first-order valence-corrected chi connectivity index (χ1v) is 6.30. The van der Waals surface area contributed by atoms with Crippen LogP contribution in [0.5, 0.6) is 0 Å². The predicted molar refractivity (Wildman–Crippen MR) is 74.3 cm³/mol. The van der Waals surface area contributed by atoms with Gasteiger partial charge < -0.3 is 0 Å². The zero-order valence-corrected chi connectivity index (χ0v) is 11.1. The minimum Gasteiger partial charge on any atom is -0.271 e. The van der Waals surface area contributed by atoms with Gasteiger partial charge in [0, 0.05) is 18.0 Å². The molecule has 102 valence electrons. The van der Waals surface area contributed by atoms with E-state index in [2.05, 4.69) is 31.9 Å². The molecule has 0 saturated carbocycles. The third-order valence-electron chi connectivity index (χ3n) is 3.17. The van der Waals surface area contributed by atoms with E-state index in [1.807, 2.05) is 24.3 Å². The second-order valence-electron chi connectivity index (χ2n) is 4.57. The maximum Gasteiger partial charge on any atom is 0.176 e. The van der Waals surface area contributed by atoms with Crippen molar-refractivity contribution in [1.29, 1.82) is 0 Å². The van der Waals surface area contributed by atoms with Gasteiger partial charge in [0.05, 0.1) is 18.6 Å². The van der Waals surface area contributed by atoms with Crippen LogP contribution in [-0.2, 0) is 13.5 Å². The fourth-order valence-corrected chi connectivity index (χ4v) is 2.17. The van der Waals surface area contributed by atoms with Crippen LogP contribution in [0.2, 0.25) is 0 Å². The smallest absolute Gasteiger partial charge is 0.176 e. The SMILES string of the molecule is Cn1nnc(CC(NN)c2ccc3ncccc3c2)n1. The molecule has 20 heavy (non-hydrogen) atoms. The topological polar surface area (TPSA) is 94.5 Å². The van der Waals surface area contributed by atoms with Gasteiger partial charge >= 0.3 is 0 Å². The molecule has 3 N–H and O–H groups in total. The van der Waals surface area contributed by atoms with E-state index >= 15 is 0 Å². The van der Waals surface area contributed by atoms with Crippen molar-refractivity contribution in [3.8, 4) is 0 Å². The third-order valence-corrected chi connectivity index (χ3v) is 3.17. The highest BCUT2D eigenvalue weighted by Crippen LogP contribution is 2.20. The Morgan fingerprint density at radius 1 is 1.35 bits per heavy atom. The van der Waals surface area contributed by atoms with E-state index in [-0.39, 0.29) is 6.04 Å². The minimum absolute atomic E-state index is 0.0659. The number of aromatic nitrogens is 5. The van der Waals surface area contributed by atoms with Gasteiger partial charge in [-0.05, 0) is 29.0 Å². The number of nitrogens with zero attached hydrogens (tertiary/aromatic N) is 5. The van der Waals surface area contributed by atoms with Gasteiger partial charge in [0.2, 0.25) is 0 Å². The molecular weight excluding hydrogens is 254 g/mol. The van der Waals surface area contributed by atoms with E-state index < -0.39 is 0 Å². The number of nitrogens with one attached hydrogen (secondary N) is 1. The molecule has 1 atom stereocenters. The third kappa shape index (κ3) is 2.49. The Bertz CT molecular complexity index is 721. The van der Waals surface area contributed by atoms with Crippen LogP contribution < -0.4 is 11.3 Å². The fraction of sp³-hybridized carbons (Fsp3) is 0.231. The second kappa shape index (κ2) is 5.32. The summed E-state index contributed by atoms with van der Waals surface area (Å²) in [4.78, 5) is 5.74. The van der Waals surface area contributed by atoms with Crippen molar-refractivity contribution in [2.75, 3.05) is 0 Å². The van der Waals surface area contributed by atoms with Crippen molar-refractivity contribution in [2.45, 2.75) is 12.5 Å². The number of pyridine rings is 1. The summed E-state index contributed by atoms with van der Waals surface area (Å²) in [6, 6.07) is 9.95. The van der Waals surface area contributed by atoms with E-state index in [1.54, 1.807) is 13.2 Å². The summed E-state index contributed by atoms with van der Waals surface area (Å²) in [7, 11) is 1.74. The maximum atomic E-state index is 5.66. The summed E-state index contributed by atoms with van der Waals surface area (Å²) < 4.78 is 0. The zero-order chi connectivity index (χ0) is 13.9. The van der Waals surface area contributed by atoms with Gasteiger partial charge in [-0.3, -0.25) is 16.3 Å². The molecule has 0 aliphatic heterocycles. The molecule has 0 amide bonds. The highest BCUT2D eigenvalue weighted by atomic mass is 15.6. The van der Waals surface area contributed by atoms with Crippen LogP contribution in [0, 0.1) is 0 Å². The lowest BCUT2D eigenvalue weighted by Gasteiger charge is -2.14. The van der Waals surface area contributed by atoms with Gasteiger partial charge in [0.1, 0.15) is 0 Å². The molecule has 0 aliphatic carbocycles. The van der Waals surface area contributed by atoms with E-state index in [4.69, 9.17) is 5.84 Å². The molecule has 2 aromatic heterocycles. The number of rotatable bonds is 4. The Morgan fingerprint density at radius 3 is 3.00 bits per heavy atom. The Morgan fingerprint density at radius 2 is 2.25 bits per heavy atom. The number of aryl methyl sites for hydroxylation is 1. The van der Waals surface area contributed by atoms with Crippen molar-refractivity contribution in [3.63, 3.8) is 0 Å². The summed E-state index contributed by atoms with van der Waals surface area (Å²) in [5.74, 6) is 6.31. The quantitative estimate of drug-likeness (QED) is 0.529.